The zero-order valence-electron chi connectivity index (χ0n) is 9.28. The molecule has 1 aliphatic heterocycles. The Labute approximate surface area is 103 Å². The summed E-state index contributed by atoms with van der Waals surface area (Å²) in [6.07, 6.45) is 0.321. The van der Waals surface area contributed by atoms with E-state index in [4.69, 9.17) is 5.26 Å². The average Bonchev–Trinajstić information content (AvgIpc) is 2.63. The predicted molar refractivity (Wildman–Crippen MR) is 61.8 cm³/mol. The quantitative estimate of drug-likeness (QED) is 0.884. The van der Waals surface area contributed by atoms with Gasteiger partial charge in [0.2, 0.25) is 0 Å². The summed E-state index contributed by atoms with van der Waals surface area (Å²) in [5.74, 6) is -1.90. The van der Waals surface area contributed by atoms with E-state index in [1.54, 1.807) is 6.07 Å². The van der Waals surface area contributed by atoms with Gasteiger partial charge in [0.05, 0.1) is 23.1 Å². The topological polar surface area (TPSA) is 70.0 Å². The molecule has 1 N–H and O–H groups in total. The molecule has 4 nitrogen and oxygen atoms in total. The minimum atomic E-state index is -3.11. The first kappa shape index (κ1) is 12.8. The first-order chi connectivity index (χ1) is 8.41. The van der Waals surface area contributed by atoms with Gasteiger partial charge in [-0.25, -0.2) is 17.2 Å². The molecule has 0 radical (unpaired) electrons. The molecule has 1 unspecified atom stereocenters. The Kier molecular flexibility index (Phi) is 3.22. The van der Waals surface area contributed by atoms with Crippen molar-refractivity contribution in [3.8, 4) is 6.07 Å². The van der Waals surface area contributed by atoms with E-state index in [0.717, 1.165) is 12.1 Å². The molecule has 0 aromatic heterocycles. The van der Waals surface area contributed by atoms with Gasteiger partial charge in [0.1, 0.15) is 5.69 Å². The monoisotopic (exact) mass is 272 g/mol. The van der Waals surface area contributed by atoms with Crippen molar-refractivity contribution >= 4 is 15.5 Å². The van der Waals surface area contributed by atoms with Crippen molar-refractivity contribution in [2.75, 3.05) is 16.8 Å². The molecule has 1 heterocycles. The fourth-order valence-corrected chi connectivity index (χ4v) is 3.56. The zero-order valence-corrected chi connectivity index (χ0v) is 10.1. The standard InChI is InChI=1S/C11H10F2N2O2S/c12-9-3-7(5-14)4-10(13)11(9)15-8-1-2-18(16,17)6-8/h3-4,8,15H,1-2,6H2. The van der Waals surface area contributed by atoms with Gasteiger partial charge in [-0.05, 0) is 18.6 Å². The van der Waals surface area contributed by atoms with E-state index >= 15 is 0 Å². The Bertz CT molecular complexity index is 599. The second-order valence-electron chi connectivity index (χ2n) is 4.17. The van der Waals surface area contributed by atoms with E-state index < -0.39 is 27.5 Å². The van der Waals surface area contributed by atoms with Gasteiger partial charge in [-0.15, -0.1) is 0 Å². The molecule has 1 aliphatic rings. The van der Waals surface area contributed by atoms with E-state index in [0.29, 0.717) is 6.42 Å². The molecular weight excluding hydrogens is 262 g/mol. The van der Waals surface area contributed by atoms with Gasteiger partial charge >= 0.3 is 0 Å². The third-order valence-corrected chi connectivity index (χ3v) is 4.52. The number of halogens is 2. The maximum absolute atomic E-state index is 13.5. The first-order valence-electron chi connectivity index (χ1n) is 5.27. The van der Waals surface area contributed by atoms with Crippen LogP contribution in [0.1, 0.15) is 12.0 Å². The molecule has 0 amide bonds. The van der Waals surface area contributed by atoms with Crippen LogP contribution in [0.5, 0.6) is 0 Å². The first-order valence-corrected chi connectivity index (χ1v) is 7.09. The van der Waals surface area contributed by atoms with Gasteiger partial charge in [-0.1, -0.05) is 0 Å². The van der Waals surface area contributed by atoms with Gasteiger partial charge in [0, 0.05) is 6.04 Å². The van der Waals surface area contributed by atoms with Crippen molar-refractivity contribution in [2.24, 2.45) is 0 Å². The lowest BCUT2D eigenvalue weighted by Gasteiger charge is -2.14. The van der Waals surface area contributed by atoms with Gasteiger partial charge in [-0.3, -0.25) is 0 Å². The van der Waals surface area contributed by atoms with E-state index in [2.05, 4.69) is 5.32 Å². The summed E-state index contributed by atoms with van der Waals surface area (Å²) < 4.78 is 49.5. The molecule has 0 aliphatic carbocycles. The largest absolute Gasteiger partial charge is 0.377 e. The Morgan fingerprint density at radius 3 is 2.39 bits per heavy atom. The number of rotatable bonds is 2. The number of nitrogens with one attached hydrogen (secondary N) is 1. The maximum Gasteiger partial charge on any atom is 0.152 e. The van der Waals surface area contributed by atoms with Crippen molar-refractivity contribution in [1.29, 1.82) is 5.26 Å². The van der Waals surface area contributed by atoms with Crippen molar-refractivity contribution < 1.29 is 17.2 Å². The summed E-state index contributed by atoms with van der Waals surface area (Å²) in [5.41, 5.74) is -0.495. The number of sulfone groups is 1. The molecule has 2 rings (SSSR count). The molecule has 1 aromatic rings. The average molecular weight is 272 g/mol. The highest BCUT2D eigenvalue weighted by molar-refractivity contribution is 7.91. The van der Waals surface area contributed by atoms with Crippen molar-refractivity contribution in [3.05, 3.63) is 29.3 Å². The minimum Gasteiger partial charge on any atom is -0.377 e. The lowest BCUT2D eigenvalue weighted by atomic mass is 10.1. The number of hydrogen-bond acceptors (Lipinski definition) is 4. The highest BCUT2D eigenvalue weighted by atomic mass is 32.2. The van der Waals surface area contributed by atoms with Crippen LogP contribution < -0.4 is 5.32 Å². The summed E-state index contributed by atoms with van der Waals surface area (Å²) >= 11 is 0. The molecule has 0 saturated carbocycles. The predicted octanol–water partition coefficient (Wildman–Crippen LogP) is 1.44. The summed E-state index contributed by atoms with van der Waals surface area (Å²) in [7, 11) is -3.11. The molecule has 0 bridgehead atoms. The molecule has 96 valence electrons. The van der Waals surface area contributed by atoms with E-state index in [-0.39, 0.29) is 22.8 Å². The number of hydrogen-bond donors (Lipinski definition) is 1. The fourth-order valence-electron chi connectivity index (χ4n) is 1.89. The Morgan fingerprint density at radius 2 is 1.94 bits per heavy atom. The number of benzene rings is 1. The fraction of sp³-hybridized carbons (Fsp3) is 0.364. The van der Waals surface area contributed by atoms with E-state index in [1.165, 1.54) is 0 Å². The number of anilines is 1. The molecule has 1 fully saturated rings. The lowest BCUT2D eigenvalue weighted by Crippen LogP contribution is -2.22. The van der Waals surface area contributed by atoms with Crippen molar-refractivity contribution in [2.45, 2.75) is 12.5 Å². The van der Waals surface area contributed by atoms with Gasteiger partial charge < -0.3 is 5.32 Å². The van der Waals surface area contributed by atoms with E-state index in [9.17, 15) is 17.2 Å². The second-order valence-corrected chi connectivity index (χ2v) is 6.40. The van der Waals surface area contributed by atoms with Crippen LogP contribution in [0.4, 0.5) is 14.5 Å². The van der Waals surface area contributed by atoms with Crippen LogP contribution >= 0.6 is 0 Å². The van der Waals surface area contributed by atoms with Gasteiger partial charge in [0.25, 0.3) is 0 Å². The summed E-state index contributed by atoms with van der Waals surface area (Å²) in [5, 5.41) is 11.1. The maximum atomic E-state index is 13.5. The summed E-state index contributed by atoms with van der Waals surface area (Å²) in [6.45, 7) is 0. The van der Waals surface area contributed by atoms with Gasteiger partial charge in [0.15, 0.2) is 21.5 Å². The van der Waals surface area contributed by atoms with E-state index in [1.807, 2.05) is 0 Å². The van der Waals surface area contributed by atoms with Gasteiger partial charge in [-0.2, -0.15) is 5.26 Å². The minimum absolute atomic E-state index is 0.0180. The van der Waals surface area contributed by atoms with Crippen LogP contribution in [-0.2, 0) is 9.84 Å². The Hall–Kier alpha value is -1.68. The molecule has 1 atom stereocenters. The number of nitrogens with zero attached hydrogens (tertiary/aromatic N) is 1. The zero-order chi connectivity index (χ0) is 13.3. The van der Waals surface area contributed by atoms with Crippen LogP contribution in [0, 0.1) is 23.0 Å². The normalized spacial score (nSPS) is 21.5. The summed E-state index contributed by atoms with van der Waals surface area (Å²) in [4.78, 5) is 0. The van der Waals surface area contributed by atoms with Crippen molar-refractivity contribution in [1.82, 2.24) is 0 Å². The molecule has 1 aromatic carbocycles. The van der Waals surface area contributed by atoms with Crippen LogP contribution in [0.2, 0.25) is 0 Å². The third kappa shape index (κ3) is 2.59. The van der Waals surface area contributed by atoms with Crippen LogP contribution in [0.3, 0.4) is 0 Å². The number of nitriles is 1. The SMILES string of the molecule is N#Cc1cc(F)c(NC2CCS(=O)(=O)C2)c(F)c1. The van der Waals surface area contributed by atoms with Crippen LogP contribution in [0.15, 0.2) is 12.1 Å². The smallest absolute Gasteiger partial charge is 0.152 e. The lowest BCUT2D eigenvalue weighted by molar-refractivity contribution is 0.582. The molecular formula is C11H10F2N2O2S. The molecule has 7 heteroatoms. The van der Waals surface area contributed by atoms with Crippen LogP contribution in [0.25, 0.3) is 0 Å². The molecule has 1 saturated heterocycles. The van der Waals surface area contributed by atoms with Crippen LogP contribution in [-0.4, -0.2) is 26.0 Å². The Morgan fingerprint density at radius 1 is 1.33 bits per heavy atom. The Balaban J connectivity index is 2.23. The third-order valence-electron chi connectivity index (χ3n) is 2.75. The molecule has 0 spiro atoms. The second kappa shape index (κ2) is 4.53. The highest BCUT2D eigenvalue weighted by Crippen LogP contribution is 2.24. The van der Waals surface area contributed by atoms with Crippen molar-refractivity contribution in [3.63, 3.8) is 0 Å². The molecule has 18 heavy (non-hydrogen) atoms. The summed E-state index contributed by atoms with van der Waals surface area (Å²) in [6, 6.07) is 2.97. The highest BCUT2D eigenvalue weighted by Gasteiger charge is 2.29.